The van der Waals surface area contributed by atoms with Gasteiger partial charge in [0.05, 0.1) is 17.3 Å². The van der Waals surface area contributed by atoms with E-state index in [1.54, 1.807) is 56.3 Å². The second-order valence-electron chi connectivity index (χ2n) is 5.40. The van der Waals surface area contributed by atoms with Crippen molar-refractivity contribution in [2.75, 3.05) is 22.6 Å². The normalized spacial score (nSPS) is 11.4. The monoisotopic (exact) mass is 395 g/mol. The van der Waals surface area contributed by atoms with Gasteiger partial charge in [-0.3, -0.25) is 10.1 Å². The molecular formula is C18H19Cl2N3O3. The van der Waals surface area contributed by atoms with E-state index in [1.165, 1.54) is 0 Å². The maximum atomic E-state index is 12.3. The molecule has 0 saturated carbocycles. The number of hydrogen-bond acceptors (Lipinski definition) is 4. The van der Waals surface area contributed by atoms with Crippen molar-refractivity contribution >= 4 is 52.3 Å². The Morgan fingerprint density at radius 2 is 1.69 bits per heavy atom. The summed E-state index contributed by atoms with van der Waals surface area (Å²) >= 11 is 11.9. The van der Waals surface area contributed by atoms with Gasteiger partial charge in [-0.05, 0) is 56.3 Å². The van der Waals surface area contributed by atoms with Crippen LogP contribution in [0.4, 0.5) is 21.9 Å². The largest absolute Gasteiger partial charge is 0.450 e. The molecule has 0 heterocycles. The van der Waals surface area contributed by atoms with Crippen LogP contribution in [0.15, 0.2) is 42.5 Å². The fraction of sp³-hybridized carbons (Fsp3) is 0.222. The van der Waals surface area contributed by atoms with Gasteiger partial charge in [0.25, 0.3) is 0 Å². The van der Waals surface area contributed by atoms with Gasteiger partial charge >= 0.3 is 6.09 Å². The van der Waals surface area contributed by atoms with E-state index in [1.807, 2.05) is 0 Å². The molecule has 26 heavy (non-hydrogen) atoms. The first-order chi connectivity index (χ1) is 12.4. The third-order valence-electron chi connectivity index (χ3n) is 3.37. The Morgan fingerprint density at radius 3 is 2.31 bits per heavy atom. The molecule has 0 radical (unpaired) electrons. The highest BCUT2D eigenvalue weighted by molar-refractivity contribution is 6.36. The van der Waals surface area contributed by atoms with Crippen LogP contribution in [0, 0.1) is 0 Å². The van der Waals surface area contributed by atoms with Gasteiger partial charge in [0, 0.05) is 16.4 Å². The van der Waals surface area contributed by atoms with Crippen molar-refractivity contribution in [3.05, 3.63) is 52.5 Å². The highest BCUT2D eigenvalue weighted by atomic mass is 35.5. The van der Waals surface area contributed by atoms with Crippen LogP contribution in [0.2, 0.25) is 10.0 Å². The minimum absolute atomic E-state index is 0.247. The van der Waals surface area contributed by atoms with Crippen LogP contribution >= 0.6 is 23.2 Å². The van der Waals surface area contributed by atoms with E-state index < -0.39 is 12.1 Å². The average molecular weight is 396 g/mol. The predicted molar refractivity (Wildman–Crippen MR) is 105 cm³/mol. The van der Waals surface area contributed by atoms with Gasteiger partial charge in [0.15, 0.2) is 0 Å². The van der Waals surface area contributed by atoms with E-state index in [-0.39, 0.29) is 5.91 Å². The zero-order valence-electron chi connectivity index (χ0n) is 14.3. The highest BCUT2D eigenvalue weighted by Gasteiger charge is 2.14. The van der Waals surface area contributed by atoms with E-state index in [4.69, 9.17) is 27.9 Å². The molecule has 0 saturated heterocycles. The Bertz CT molecular complexity index is 782. The molecule has 2 aromatic carbocycles. The second kappa shape index (κ2) is 9.31. The second-order valence-corrected chi connectivity index (χ2v) is 6.25. The van der Waals surface area contributed by atoms with Crippen molar-refractivity contribution in [3.8, 4) is 0 Å². The molecule has 1 atom stereocenters. The molecule has 2 amide bonds. The van der Waals surface area contributed by atoms with Gasteiger partial charge in [-0.2, -0.15) is 0 Å². The molecule has 2 aromatic rings. The van der Waals surface area contributed by atoms with Gasteiger partial charge in [-0.25, -0.2) is 4.79 Å². The molecule has 1 unspecified atom stereocenters. The molecule has 8 heteroatoms. The number of hydrogen-bond donors (Lipinski definition) is 3. The van der Waals surface area contributed by atoms with Crippen molar-refractivity contribution in [1.82, 2.24) is 0 Å². The zero-order chi connectivity index (χ0) is 19.1. The van der Waals surface area contributed by atoms with Crippen LogP contribution in [0.3, 0.4) is 0 Å². The molecule has 0 fully saturated rings. The van der Waals surface area contributed by atoms with Gasteiger partial charge in [-0.1, -0.05) is 23.2 Å². The average Bonchev–Trinajstić information content (AvgIpc) is 2.59. The number of ether oxygens (including phenoxy) is 1. The van der Waals surface area contributed by atoms with E-state index in [0.717, 1.165) is 5.69 Å². The SMILES string of the molecule is CCOC(=O)Nc1ccc(NC(C)C(=O)Nc2ccc(Cl)cc2Cl)cc1. The third-order valence-corrected chi connectivity index (χ3v) is 3.92. The fourth-order valence-corrected chi connectivity index (χ4v) is 2.54. The lowest BCUT2D eigenvalue weighted by atomic mass is 10.2. The number of carbonyl (C=O) groups is 2. The smallest absolute Gasteiger partial charge is 0.411 e. The summed E-state index contributed by atoms with van der Waals surface area (Å²) in [5.74, 6) is -0.247. The van der Waals surface area contributed by atoms with Crippen LogP contribution in [0.5, 0.6) is 0 Å². The zero-order valence-corrected chi connectivity index (χ0v) is 15.8. The molecule has 0 aromatic heterocycles. The lowest BCUT2D eigenvalue weighted by molar-refractivity contribution is -0.116. The van der Waals surface area contributed by atoms with Crippen molar-refractivity contribution < 1.29 is 14.3 Å². The van der Waals surface area contributed by atoms with Gasteiger partial charge < -0.3 is 15.4 Å². The Balaban J connectivity index is 1.92. The molecule has 2 rings (SSSR count). The van der Waals surface area contributed by atoms with E-state index >= 15 is 0 Å². The summed E-state index contributed by atoms with van der Waals surface area (Å²) in [6.07, 6.45) is -0.513. The summed E-state index contributed by atoms with van der Waals surface area (Å²) < 4.78 is 4.81. The molecular weight excluding hydrogens is 377 g/mol. The van der Waals surface area contributed by atoms with Crippen molar-refractivity contribution in [1.29, 1.82) is 0 Å². The number of nitrogens with one attached hydrogen (secondary N) is 3. The summed E-state index contributed by atoms with van der Waals surface area (Å²) in [5.41, 5.74) is 1.81. The van der Waals surface area contributed by atoms with E-state index in [9.17, 15) is 9.59 Å². The number of carbonyl (C=O) groups excluding carboxylic acids is 2. The van der Waals surface area contributed by atoms with Crippen molar-refractivity contribution in [2.45, 2.75) is 19.9 Å². The highest BCUT2D eigenvalue weighted by Crippen LogP contribution is 2.25. The first kappa shape index (κ1) is 19.9. The van der Waals surface area contributed by atoms with Gasteiger partial charge in [-0.15, -0.1) is 0 Å². The quantitative estimate of drug-likeness (QED) is 0.642. The summed E-state index contributed by atoms with van der Waals surface area (Å²) in [6.45, 7) is 3.76. The van der Waals surface area contributed by atoms with Crippen LogP contribution in [0.25, 0.3) is 0 Å². The van der Waals surface area contributed by atoms with E-state index in [2.05, 4.69) is 16.0 Å². The maximum Gasteiger partial charge on any atom is 0.411 e. The van der Waals surface area contributed by atoms with Crippen molar-refractivity contribution in [2.24, 2.45) is 0 Å². The molecule has 0 aliphatic rings. The topological polar surface area (TPSA) is 79.5 Å². The van der Waals surface area contributed by atoms with Gasteiger partial charge in [0.2, 0.25) is 5.91 Å². The predicted octanol–water partition coefficient (Wildman–Crippen LogP) is 5.00. The lowest BCUT2D eigenvalue weighted by Gasteiger charge is -2.16. The minimum atomic E-state index is -0.513. The maximum absolute atomic E-state index is 12.3. The standard InChI is InChI=1S/C18H19Cl2N3O3/c1-3-26-18(25)22-14-7-5-13(6-8-14)21-11(2)17(24)23-16-9-4-12(19)10-15(16)20/h4-11,21H,3H2,1-2H3,(H,22,25)(H,23,24). The summed E-state index contributed by atoms with van der Waals surface area (Å²) in [5, 5.41) is 9.28. The Kier molecular flexibility index (Phi) is 7.12. The Labute approximate surface area is 161 Å². The number of benzene rings is 2. The molecule has 0 bridgehead atoms. The number of rotatable bonds is 6. The van der Waals surface area contributed by atoms with Crippen LogP contribution < -0.4 is 16.0 Å². The lowest BCUT2D eigenvalue weighted by Crippen LogP contribution is -2.31. The molecule has 0 aliphatic heterocycles. The van der Waals surface area contributed by atoms with Crippen LogP contribution in [-0.4, -0.2) is 24.6 Å². The molecule has 6 nitrogen and oxygen atoms in total. The van der Waals surface area contributed by atoms with Crippen molar-refractivity contribution in [3.63, 3.8) is 0 Å². The van der Waals surface area contributed by atoms with Crippen LogP contribution in [-0.2, 0) is 9.53 Å². The van der Waals surface area contributed by atoms with E-state index in [0.29, 0.717) is 28.0 Å². The molecule has 3 N–H and O–H groups in total. The third kappa shape index (κ3) is 5.82. The molecule has 0 aliphatic carbocycles. The first-order valence-electron chi connectivity index (χ1n) is 7.95. The minimum Gasteiger partial charge on any atom is -0.450 e. The van der Waals surface area contributed by atoms with Crippen LogP contribution in [0.1, 0.15) is 13.8 Å². The summed E-state index contributed by atoms with van der Waals surface area (Å²) in [4.78, 5) is 23.7. The molecule has 138 valence electrons. The fourth-order valence-electron chi connectivity index (χ4n) is 2.08. The summed E-state index contributed by atoms with van der Waals surface area (Å²) in [7, 11) is 0. The Morgan fingerprint density at radius 1 is 1.04 bits per heavy atom. The summed E-state index contributed by atoms with van der Waals surface area (Å²) in [6, 6.07) is 11.3. The Hall–Kier alpha value is -2.44. The number of halogens is 2. The van der Waals surface area contributed by atoms with Gasteiger partial charge in [0.1, 0.15) is 6.04 Å². The molecule has 0 spiro atoms. The number of amides is 2. The first-order valence-corrected chi connectivity index (χ1v) is 8.71. The number of anilines is 3.